The summed E-state index contributed by atoms with van der Waals surface area (Å²) in [4.78, 5) is 10.1. The molecule has 4 rings (SSSR count). The Morgan fingerprint density at radius 3 is 2.45 bits per heavy atom. The van der Waals surface area contributed by atoms with Gasteiger partial charge in [-0.25, -0.2) is 9.97 Å². The first-order valence-electron chi connectivity index (χ1n) is 10.7. The lowest BCUT2D eigenvalue weighted by atomic mass is 10.1. The van der Waals surface area contributed by atoms with Crippen LogP contribution in [0.4, 0.5) is 10.2 Å². The van der Waals surface area contributed by atoms with Crippen LogP contribution in [0.3, 0.4) is 0 Å². The van der Waals surface area contributed by atoms with E-state index in [2.05, 4.69) is 27.6 Å². The molecule has 8 heteroatoms. The zero-order valence-electron chi connectivity index (χ0n) is 18.6. The molecule has 0 amide bonds. The Hall–Kier alpha value is -3.23. The molecule has 0 fully saturated rings. The van der Waals surface area contributed by atoms with E-state index >= 15 is 0 Å². The van der Waals surface area contributed by atoms with Crippen LogP contribution in [0, 0.1) is 0 Å². The molecule has 4 aromatic rings. The maximum absolute atomic E-state index is 12.5. The van der Waals surface area contributed by atoms with Gasteiger partial charge in [-0.3, -0.25) is 4.39 Å². The minimum atomic E-state index is -0.305. The van der Waals surface area contributed by atoms with Gasteiger partial charge in [-0.1, -0.05) is 48.5 Å². The number of nitrogens with zero attached hydrogens (tertiary/aromatic N) is 3. The van der Waals surface area contributed by atoms with E-state index in [1.54, 1.807) is 18.0 Å². The van der Waals surface area contributed by atoms with Gasteiger partial charge in [-0.05, 0) is 31.2 Å². The van der Waals surface area contributed by atoms with Crippen molar-refractivity contribution in [2.24, 2.45) is 0 Å². The number of aromatic nitrogens is 3. The van der Waals surface area contributed by atoms with Crippen molar-refractivity contribution in [1.82, 2.24) is 20.4 Å². The lowest BCUT2D eigenvalue weighted by molar-refractivity contribution is 0.434. The van der Waals surface area contributed by atoms with Crippen LogP contribution < -0.4 is 11.1 Å². The molecule has 2 aromatic heterocycles. The predicted molar refractivity (Wildman–Crippen MR) is 131 cm³/mol. The number of nitrogen functional groups attached to an aromatic ring is 1. The van der Waals surface area contributed by atoms with Crippen LogP contribution in [0.25, 0.3) is 34.0 Å². The molecule has 0 aliphatic carbocycles. The van der Waals surface area contributed by atoms with Crippen molar-refractivity contribution in [3.63, 3.8) is 0 Å². The van der Waals surface area contributed by atoms with E-state index < -0.39 is 0 Å². The third kappa shape index (κ3) is 5.58. The number of hydrogen-bond acceptors (Lipinski definition) is 7. The van der Waals surface area contributed by atoms with Crippen LogP contribution in [0.2, 0.25) is 0 Å². The molecule has 170 valence electrons. The van der Waals surface area contributed by atoms with Crippen molar-refractivity contribution in [3.8, 4) is 34.0 Å². The minimum absolute atomic E-state index is 0.226. The van der Waals surface area contributed by atoms with Gasteiger partial charge in [0.1, 0.15) is 5.69 Å². The molecule has 0 aliphatic rings. The van der Waals surface area contributed by atoms with Gasteiger partial charge in [0.2, 0.25) is 0 Å². The highest BCUT2D eigenvalue weighted by Gasteiger charge is 2.15. The Kier molecular flexibility index (Phi) is 7.36. The van der Waals surface area contributed by atoms with Crippen LogP contribution >= 0.6 is 11.8 Å². The fraction of sp³-hybridized carbons (Fsp3) is 0.240. The normalized spacial score (nSPS) is 12.1. The van der Waals surface area contributed by atoms with Crippen molar-refractivity contribution in [2.45, 2.75) is 30.0 Å². The van der Waals surface area contributed by atoms with Crippen molar-refractivity contribution in [3.05, 3.63) is 66.4 Å². The first-order chi connectivity index (χ1) is 16.1. The summed E-state index contributed by atoms with van der Waals surface area (Å²) in [6.45, 7) is 2.53. The Morgan fingerprint density at radius 2 is 1.76 bits per heavy atom. The third-order valence-corrected chi connectivity index (χ3v) is 6.36. The van der Waals surface area contributed by atoms with Crippen molar-refractivity contribution >= 4 is 17.6 Å². The molecule has 2 heterocycles. The number of rotatable bonds is 9. The number of benzene rings is 2. The van der Waals surface area contributed by atoms with E-state index in [1.165, 1.54) is 5.56 Å². The Labute approximate surface area is 196 Å². The molecule has 3 N–H and O–H groups in total. The maximum Gasteiger partial charge on any atom is 0.189 e. The Morgan fingerprint density at radius 1 is 1.06 bits per heavy atom. The molecule has 0 spiro atoms. The average molecular weight is 464 g/mol. The van der Waals surface area contributed by atoms with Crippen molar-refractivity contribution < 1.29 is 8.91 Å². The summed E-state index contributed by atoms with van der Waals surface area (Å²) in [6, 6.07) is 17.9. The summed E-state index contributed by atoms with van der Waals surface area (Å²) in [6.07, 6.45) is 2.18. The fourth-order valence-electron chi connectivity index (χ4n) is 3.39. The highest BCUT2D eigenvalue weighted by atomic mass is 32.2. The number of halogens is 1. The number of anilines is 1. The zero-order chi connectivity index (χ0) is 23.2. The van der Waals surface area contributed by atoms with Gasteiger partial charge in [0, 0.05) is 33.9 Å². The quantitative estimate of drug-likeness (QED) is 0.312. The number of nitrogens with two attached hydrogens (primary N) is 1. The molecule has 0 saturated heterocycles. The summed E-state index contributed by atoms with van der Waals surface area (Å²) < 4.78 is 18.1. The summed E-state index contributed by atoms with van der Waals surface area (Å²) in [7, 11) is 1.92. The Balaban J connectivity index is 1.55. The lowest BCUT2D eigenvalue weighted by Gasteiger charge is -2.09. The highest BCUT2D eigenvalue weighted by molar-refractivity contribution is 7.99. The van der Waals surface area contributed by atoms with E-state index in [0.717, 1.165) is 22.6 Å². The van der Waals surface area contributed by atoms with Gasteiger partial charge >= 0.3 is 0 Å². The minimum Gasteiger partial charge on any atom is -0.382 e. The molecule has 1 unspecified atom stereocenters. The summed E-state index contributed by atoms with van der Waals surface area (Å²) >= 11 is 1.66. The lowest BCUT2D eigenvalue weighted by Crippen LogP contribution is -2.04. The number of thioether (sulfide) groups is 1. The van der Waals surface area contributed by atoms with E-state index in [0.29, 0.717) is 29.3 Å². The van der Waals surface area contributed by atoms with Crippen LogP contribution in [0.15, 0.2) is 70.2 Å². The summed E-state index contributed by atoms with van der Waals surface area (Å²) in [5.74, 6) is 0.737. The second-order valence-corrected chi connectivity index (χ2v) is 9.24. The van der Waals surface area contributed by atoms with Gasteiger partial charge in [0.25, 0.3) is 0 Å². The molecule has 0 radical (unpaired) electrons. The second-order valence-electron chi connectivity index (χ2n) is 7.72. The van der Waals surface area contributed by atoms with Crippen molar-refractivity contribution in [1.29, 1.82) is 0 Å². The van der Waals surface area contributed by atoms with E-state index in [9.17, 15) is 4.39 Å². The standard InChI is InChI=1S/C25H26FN5OS/c1-16(11-12-26)33-20-9-7-19(8-10-20)22-15-29-25(27)24(30-22)23-13-21(31-32-23)18-5-3-17(4-6-18)14-28-2/h3-10,13,15-16,28H,11-12,14H2,1-2H3,(H2,27,29). The monoisotopic (exact) mass is 463 g/mol. The highest BCUT2D eigenvalue weighted by Crippen LogP contribution is 2.31. The van der Waals surface area contributed by atoms with E-state index in [1.807, 2.05) is 56.4 Å². The molecule has 0 bridgehead atoms. The van der Waals surface area contributed by atoms with Gasteiger partial charge in [0.15, 0.2) is 17.3 Å². The Bertz CT molecular complexity index is 1190. The molecule has 6 nitrogen and oxygen atoms in total. The zero-order valence-corrected chi connectivity index (χ0v) is 19.4. The van der Waals surface area contributed by atoms with Crippen molar-refractivity contribution in [2.75, 3.05) is 19.5 Å². The van der Waals surface area contributed by atoms with Gasteiger partial charge in [-0.15, -0.1) is 11.8 Å². The summed E-state index contributed by atoms with van der Waals surface area (Å²) in [5.41, 5.74) is 11.0. The van der Waals surface area contributed by atoms with Gasteiger partial charge in [0.05, 0.1) is 18.6 Å². The topological polar surface area (TPSA) is 89.9 Å². The molecule has 0 aliphatic heterocycles. The molecular formula is C25H26FN5OS. The molecular weight excluding hydrogens is 437 g/mol. The predicted octanol–water partition coefficient (Wildman–Crippen LogP) is 5.61. The van der Waals surface area contributed by atoms with E-state index in [4.69, 9.17) is 15.2 Å². The summed E-state index contributed by atoms with van der Waals surface area (Å²) in [5, 5.41) is 7.55. The fourth-order valence-corrected chi connectivity index (χ4v) is 4.35. The number of hydrogen-bond donors (Lipinski definition) is 2. The molecule has 33 heavy (non-hydrogen) atoms. The van der Waals surface area contributed by atoms with E-state index in [-0.39, 0.29) is 17.7 Å². The third-order valence-electron chi connectivity index (χ3n) is 5.18. The van der Waals surface area contributed by atoms with Crippen LogP contribution in [-0.2, 0) is 6.54 Å². The maximum atomic E-state index is 12.5. The number of alkyl halides is 1. The second kappa shape index (κ2) is 10.6. The molecule has 2 aromatic carbocycles. The largest absolute Gasteiger partial charge is 0.382 e. The smallest absolute Gasteiger partial charge is 0.189 e. The first-order valence-corrected chi connectivity index (χ1v) is 11.6. The average Bonchev–Trinajstić information content (AvgIpc) is 3.31. The first kappa shape index (κ1) is 22.9. The molecule has 1 atom stereocenters. The number of nitrogens with one attached hydrogen (secondary N) is 1. The van der Waals surface area contributed by atoms with Gasteiger partial charge in [-0.2, -0.15) is 0 Å². The van der Waals surface area contributed by atoms with Crippen LogP contribution in [0.1, 0.15) is 18.9 Å². The van der Waals surface area contributed by atoms with Crippen LogP contribution in [-0.4, -0.2) is 34.1 Å². The van der Waals surface area contributed by atoms with Gasteiger partial charge < -0.3 is 15.6 Å². The molecule has 0 saturated carbocycles. The SMILES string of the molecule is CNCc1ccc(-c2cc(-c3nc(-c4ccc(SC(C)CCF)cc4)cnc3N)on2)cc1. The van der Waals surface area contributed by atoms with Crippen LogP contribution in [0.5, 0.6) is 0 Å².